The number of hydrogen-bond donors (Lipinski definition) is 2. The van der Waals surface area contributed by atoms with E-state index in [0.717, 1.165) is 55.6 Å². The predicted molar refractivity (Wildman–Crippen MR) is 142 cm³/mol. The minimum atomic E-state index is -1.20. The highest BCUT2D eigenvalue weighted by Crippen LogP contribution is 2.42. The van der Waals surface area contributed by atoms with Gasteiger partial charge in [-0.1, -0.05) is 42.5 Å². The number of para-hydroxylation sites is 2. The molecular weight excluding hydrogens is 448 g/mol. The lowest BCUT2D eigenvalue weighted by atomic mass is 9.94. The topological polar surface area (TPSA) is 70.4 Å². The molecule has 4 atom stereocenters. The molecule has 3 fully saturated rings. The van der Waals surface area contributed by atoms with Crippen molar-refractivity contribution in [1.29, 1.82) is 0 Å². The van der Waals surface area contributed by atoms with E-state index in [1.165, 1.54) is 18.4 Å². The molecule has 2 bridgehead atoms. The number of imidazole rings is 1. The Kier molecular flexibility index (Phi) is 6.34. The van der Waals surface area contributed by atoms with Crippen LogP contribution in [0.15, 0.2) is 54.6 Å². The van der Waals surface area contributed by atoms with E-state index in [2.05, 4.69) is 58.1 Å². The van der Waals surface area contributed by atoms with E-state index in [1.54, 1.807) is 0 Å². The number of rotatable bonds is 7. The van der Waals surface area contributed by atoms with Crippen LogP contribution >= 0.6 is 0 Å². The summed E-state index contributed by atoms with van der Waals surface area (Å²) in [6.45, 7) is 3.10. The molecule has 0 unspecified atom stereocenters. The Labute approximate surface area is 213 Å². The third kappa shape index (κ3) is 4.35. The number of piperidine rings is 1. The lowest BCUT2D eigenvalue weighted by molar-refractivity contribution is -0.140. The fourth-order valence-electron chi connectivity index (χ4n) is 7.21. The monoisotopic (exact) mass is 486 g/mol. The first-order valence-corrected chi connectivity index (χ1v) is 13.8. The maximum atomic E-state index is 13.1. The third-order valence-electron chi connectivity index (χ3n) is 9.03. The van der Waals surface area contributed by atoms with Crippen molar-refractivity contribution in [3.8, 4) is 0 Å². The number of aliphatic hydroxyl groups is 1. The van der Waals surface area contributed by atoms with Gasteiger partial charge in [0.25, 0.3) is 5.91 Å². The van der Waals surface area contributed by atoms with E-state index >= 15 is 0 Å². The summed E-state index contributed by atoms with van der Waals surface area (Å²) in [4.78, 5) is 20.6. The highest BCUT2D eigenvalue weighted by Gasteiger charge is 2.43. The number of aryl methyl sites for hydroxylation is 1. The van der Waals surface area contributed by atoms with Crippen LogP contribution in [0.25, 0.3) is 11.0 Å². The third-order valence-corrected chi connectivity index (χ3v) is 9.03. The number of aromatic nitrogens is 2. The van der Waals surface area contributed by atoms with E-state index in [0.29, 0.717) is 31.0 Å². The SMILES string of the molecule is Cc1nc2ccccc2n1[C@@H]1C[C@H]2CC[C@@H](C1)N2CC[C@H](NC(=O)C1(O)CCCC1)c1ccccc1. The molecule has 0 radical (unpaired) electrons. The van der Waals surface area contributed by atoms with Gasteiger partial charge in [-0.05, 0) is 82.4 Å². The second-order valence-corrected chi connectivity index (χ2v) is 11.2. The Morgan fingerprint density at radius 3 is 2.42 bits per heavy atom. The number of nitrogens with zero attached hydrogens (tertiary/aromatic N) is 3. The van der Waals surface area contributed by atoms with Crippen LogP contribution in [0.4, 0.5) is 0 Å². The molecule has 1 amide bonds. The van der Waals surface area contributed by atoms with Gasteiger partial charge in [-0.25, -0.2) is 4.98 Å². The number of hydrogen-bond acceptors (Lipinski definition) is 4. The highest BCUT2D eigenvalue weighted by atomic mass is 16.3. The Morgan fingerprint density at radius 2 is 1.69 bits per heavy atom. The normalized spacial score (nSPS) is 26.3. The van der Waals surface area contributed by atoms with E-state index in [9.17, 15) is 9.90 Å². The van der Waals surface area contributed by atoms with Crippen molar-refractivity contribution in [1.82, 2.24) is 19.8 Å². The molecule has 3 aliphatic rings. The van der Waals surface area contributed by atoms with Crippen molar-refractivity contribution < 1.29 is 9.90 Å². The summed E-state index contributed by atoms with van der Waals surface area (Å²) >= 11 is 0. The highest BCUT2D eigenvalue weighted by molar-refractivity contribution is 5.85. The Bertz CT molecular complexity index is 1200. The maximum absolute atomic E-state index is 13.1. The molecule has 6 rings (SSSR count). The van der Waals surface area contributed by atoms with Gasteiger partial charge in [0.2, 0.25) is 0 Å². The number of benzene rings is 2. The molecule has 2 aromatic carbocycles. The molecule has 190 valence electrons. The van der Waals surface area contributed by atoms with Crippen molar-refractivity contribution in [2.24, 2.45) is 0 Å². The zero-order valence-corrected chi connectivity index (χ0v) is 21.3. The minimum absolute atomic E-state index is 0.0831. The van der Waals surface area contributed by atoms with Gasteiger partial charge in [0, 0.05) is 24.7 Å². The summed E-state index contributed by atoms with van der Waals surface area (Å²) in [7, 11) is 0. The van der Waals surface area contributed by atoms with Gasteiger partial charge in [0.1, 0.15) is 11.4 Å². The summed E-state index contributed by atoms with van der Waals surface area (Å²) in [6.07, 6.45) is 8.63. The Balaban J connectivity index is 1.16. The zero-order chi connectivity index (χ0) is 24.7. The van der Waals surface area contributed by atoms with Crippen LogP contribution in [0.3, 0.4) is 0 Å². The minimum Gasteiger partial charge on any atom is -0.380 e. The van der Waals surface area contributed by atoms with E-state index in [4.69, 9.17) is 4.98 Å². The number of nitrogens with one attached hydrogen (secondary N) is 1. The molecular formula is C30H38N4O2. The van der Waals surface area contributed by atoms with Crippen LogP contribution < -0.4 is 5.32 Å². The summed E-state index contributed by atoms with van der Waals surface area (Å²) in [6, 6.07) is 20.3. The molecule has 3 aromatic rings. The largest absolute Gasteiger partial charge is 0.380 e. The number of fused-ring (bicyclic) bond motifs is 3. The van der Waals surface area contributed by atoms with Gasteiger partial charge >= 0.3 is 0 Å². The van der Waals surface area contributed by atoms with Crippen molar-refractivity contribution in [2.45, 2.75) is 94.5 Å². The summed E-state index contributed by atoms with van der Waals surface area (Å²) < 4.78 is 2.48. The predicted octanol–water partition coefficient (Wildman–Crippen LogP) is 5.07. The van der Waals surface area contributed by atoms with Crippen LogP contribution in [0, 0.1) is 6.92 Å². The van der Waals surface area contributed by atoms with Crippen molar-refractivity contribution in [3.63, 3.8) is 0 Å². The zero-order valence-electron chi connectivity index (χ0n) is 21.3. The van der Waals surface area contributed by atoms with Gasteiger partial charge in [-0.2, -0.15) is 0 Å². The van der Waals surface area contributed by atoms with Gasteiger partial charge in [-0.15, -0.1) is 0 Å². The molecule has 2 N–H and O–H groups in total. The summed E-state index contributed by atoms with van der Waals surface area (Å²) in [5.41, 5.74) is 2.27. The van der Waals surface area contributed by atoms with Crippen LogP contribution in [-0.4, -0.2) is 49.7 Å². The summed E-state index contributed by atoms with van der Waals surface area (Å²) in [5, 5.41) is 14.1. The fraction of sp³-hybridized carbons (Fsp3) is 0.533. The Hall–Kier alpha value is -2.70. The first-order valence-electron chi connectivity index (χ1n) is 13.8. The Morgan fingerprint density at radius 1 is 1.03 bits per heavy atom. The molecule has 3 heterocycles. The van der Waals surface area contributed by atoms with Crippen molar-refractivity contribution >= 4 is 16.9 Å². The molecule has 1 aromatic heterocycles. The fourth-order valence-corrected chi connectivity index (χ4v) is 7.21. The van der Waals surface area contributed by atoms with Crippen LogP contribution in [-0.2, 0) is 4.79 Å². The molecule has 2 aliphatic heterocycles. The second kappa shape index (κ2) is 9.64. The van der Waals surface area contributed by atoms with Gasteiger partial charge in [-0.3, -0.25) is 9.69 Å². The second-order valence-electron chi connectivity index (χ2n) is 11.2. The van der Waals surface area contributed by atoms with Gasteiger partial charge in [0.05, 0.1) is 17.1 Å². The molecule has 6 heteroatoms. The lowest BCUT2D eigenvalue weighted by Gasteiger charge is -2.40. The number of carbonyl (C=O) groups is 1. The summed E-state index contributed by atoms with van der Waals surface area (Å²) in [5.74, 6) is 0.920. The first-order chi connectivity index (χ1) is 17.5. The maximum Gasteiger partial charge on any atom is 0.252 e. The van der Waals surface area contributed by atoms with Gasteiger partial charge in [0.15, 0.2) is 0 Å². The van der Waals surface area contributed by atoms with Crippen molar-refractivity contribution in [3.05, 3.63) is 66.0 Å². The number of carbonyl (C=O) groups excluding carboxylic acids is 1. The lowest BCUT2D eigenvalue weighted by Crippen LogP contribution is -2.48. The average Bonchev–Trinajstić information content (AvgIpc) is 3.55. The van der Waals surface area contributed by atoms with E-state index < -0.39 is 5.60 Å². The van der Waals surface area contributed by atoms with Crippen LogP contribution in [0.2, 0.25) is 0 Å². The standard InChI is InChI=1S/C30H38N4O2/c1-21-31-27-11-5-6-12-28(27)34(21)25-19-23-13-14-24(20-25)33(23)18-15-26(22-9-3-2-4-10-22)32-29(35)30(36)16-7-8-17-30/h2-6,9-12,23-26,36H,7-8,13-20H2,1H3,(H,32,35)/t23-,24+,25-,26-/m0/s1. The average molecular weight is 487 g/mol. The van der Waals surface area contributed by atoms with Crippen LogP contribution in [0.5, 0.6) is 0 Å². The molecule has 36 heavy (non-hydrogen) atoms. The van der Waals surface area contributed by atoms with E-state index in [-0.39, 0.29) is 11.9 Å². The smallest absolute Gasteiger partial charge is 0.252 e. The van der Waals surface area contributed by atoms with E-state index in [1.807, 2.05) is 18.2 Å². The van der Waals surface area contributed by atoms with Crippen LogP contribution in [0.1, 0.15) is 81.3 Å². The first kappa shape index (κ1) is 23.7. The molecule has 6 nitrogen and oxygen atoms in total. The number of amides is 1. The quantitative estimate of drug-likeness (QED) is 0.489. The van der Waals surface area contributed by atoms with Crippen molar-refractivity contribution in [2.75, 3.05) is 6.54 Å². The molecule has 1 aliphatic carbocycles. The molecule has 0 spiro atoms. The molecule has 2 saturated heterocycles. The molecule has 1 saturated carbocycles. The van der Waals surface area contributed by atoms with Gasteiger partial charge < -0.3 is 15.0 Å².